The first kappa shape index (κ1) is 21.2. The van der Waals surface area contributed by atoms with E-state index in [1.54, 1.807) is 11.3 Å². The van der Waals surface area contributed by atoms with Crippen molar-refractivity contribution in [3.63, 3.8) is 0 Å². The number of hydrogen-bond donors (Lipinski definition) is 2. The molecule has 1 aromatic carbocycles. The van der Waals surface area contributed by atoms with Gasteiger partial charge in [-0.3, -0.25) is 9.78 Å². The van der Waals surface area contributed by atoms with Crippen LogP contribution in [-0.4, -0.2) is 37.7 Å². The number of aryl methyl sites for hydroxylation is 1. The van der Waals surface area contributed by atoms with Crippen molar-refractivity contribution in [2.45, 2.75) is 45.4 Å². The molecule has 0 unspecified atom stereocenters. The number of rotatable bonds is 7. The minimum Gasteiger partial charge on any atom is -0.376 e. The lowest BCUT2D eigenvalue weighted by atomic mass is 10.1. The number of nitrogens with one attached hydrogen (secondary N) is 2. The number of anilines is 1. The Morgan fingerprint density at radius 2 is 2.12 bits per heavy atom. The molecule has 0 radical (unpaired) electrons. The number of ether oxygens (including phenoxy) is 1. The second-order valence-corrected chi connectivity index (χ2v) is 9.41. The average molecular weight is 469 g/mol. The predicted molar refractivity (Wildman–Crippen MR) is 128 cm³/mol. The molecule has 166 valence electrons. The molecule has 0 spiro atoms. The zero-order valence-corrected chi connectivity index (χ0v) is 19.4. The molecule has 2 N–H and O–H groups in total. The Balaban J connectivity index is 1.26. The van der Waals surface area contributed by atoms with Crippen molar-refractivity contribution in [2.75, 3.05) is 11.9 Å². The van der Waals surface area contributed by atoms with Crippen LogP contribution in [0.4, 0.5) is 5.13 Å². The van der Waals surface area contributed by atoms with E-state index < -0.39 is 0 Å². The van der Waals surface area contributed by atoms with Crippen molar-refractivity contribution in [1.29, 1.82) is 0 Å². The highest BCUT2D eigenvalue weighted by atomic mass is 35.5. The first-order valence-electron chi connectivity index (χ1n) is 10.8. The third-order valence-electron chi connectivity index (χ3n) is 5.62. The summed E-state index contributed by atoms with van der Waals surface area (Å²) in [6, 6.07) is 9.79. The van der Waals surface area contributed by atoms with Crippen LogP contribution in [0.2, 0.25) is 5.02 Å². The second-order valence-electron chi connectivity index (χ2n) is 7.98. The van der Waals surface area contributed by atoms with Crippen LogP contribution in [-0.2, 0) is 17.8 Å². The van der Waals surface area contributed by atoms with E-state index in [0.717, 1.165) is 64.2 Å². The quantitative estimate of drug-likeness (QED) is 0.372. The molecule has 4 heterocycles. The highest BCUT2D eigenvalue weighted by Crippen LogP contribution is 2.32. The molecular formula is C23H25ClN6OS. The molecule has 9 heteroatoms. The fourth-order valence-electron chi connectivity index (χ4n) is 3.94. The Kier molecular flexibility index (Phi) is 6.25. The van der Waals surface area contributed by atoms with E-state index >= 15 is 0 Å². The summed E-state index contributed by atoms with van der Waals surface area (Å²) in [6.45, 7) is 4.31. The van der Waals surface area contributed by atoms with Crippen LogP contribution in [0.15, 0.2) is 42.7 Å². The minimum absolute atomic E-state index is 0.265. The number of halogens is 1. The van der Waals surface area contributed by atoms with Gasteiger partial charge in [0.05, 0.1) is 35.1 Å². The number of aromatic nitrogens is 5. The normalized spacial score (nSPS) is 16.4. The van der Waals surface area contributed by atoms with Gasteiger partial charge in [-0.15, -0.1) is 0 Å². The average Bonchev–Trinajstić information content (AvgIpc) is 3.53. The molecule has 3 aromatic heterocycles. The molecule has 1 aliphatic rings. The molecular weight excluding hydrogens is 444 g/mol. The van der Waals surface area contributed by atoms with Gasteiger partial charge in [0, 0.05) is 29.9 Å². The first-order chi connectivity index (χ1) is 15.7. The molecule has 1 aliphatic heterocycles. The Morgan fingerprint density at radius 1 is 1.25 bits per heavy atom. The Labute approximate surface area is 195 Å². The SMILES string of the molecule is Cc1nc(NCc2cn[nH]c2-c2ccc(Cl)cc2)sc1-c1ccn(C[C@@H]2CCCCO2)n1. The van der Waals surface area contributed by atoms with Crippen LogP contribution in [0.5, 0.6) is 0 Å². The van der Waals surface area contributed by atoms with Crippen molar-refractivity contribution < 1.29 is 4.74 Å². The summed E-state index contributed by atoms with van der Waals surface area (Å²) in [5.74, 6) is 0. The molecule has 0 amide bonds. The smallest absolute Gasteiger partial charge is 0.183 e. The van der Waals surface area contributed by atoms with Gasteiger partial charge in [-0.1, -0.05) is 35.1 Å². The predicted octanol–water partition coefficient (Wildman–Crippen LogP) is 5.54. The van der Waals surface area contributed by atoms with Gasteiger partial charge < -0.3 is 10.1 Å². The van der Waals surface area contributed by atoms with Gasteiger partial charge in [0.25, 0.3) is 0 Å². The fraction of sp³-hybridized carbons (Fsp3) is 0.348. The summed E-state index contributed by atoms with van der Waals surface area (Å²) < 4.78 is 7.83. The highest BCUT2D eigenvalue weighted by Gasteiger charge is 2.17. The second kappa shape index (κ2) is 9.44. The van der Waals surface area contributed by atoms with Gasteiger partial charge in [0.15, 0.2) is 5.13 Å². The zero-order chi connectivity index (χ0) is 21.9. The van der Waals surface area contributed by atoms with Crippen molar-refractivity contribution in [3.05, 3.63) is 59.0 Å². The molecule has 5 rings (SSSR count). The minimum atomic E-state index is 0.265. The summed E-state index contributed by atoms with van der Waals surface area (Å²) in [7, 11) is 0. The third kappa shape index (κ3) is 4.72. The standard InChI is InChI=1S/C23H25ClN6OS/c1-15-22(20-9-10-30(29-20)14-19-4-2-3-11-31-19)32-23(27-15)25-12-17-13-26-28-21(17)16-5-7-18(24)8-6-16/h5-10,13,19H,2-4,11-12,14H2,1H3,(H,25,27)(H,26,28)/t19-/m0/s1. The molecule has 1 atom stereocenters. The lowest BCUT2D eigenvalue weighted by molar-refractivity contribution is 0.00403. The van der Waals surface area contributed by atoms with E-state index in [1.807, 2.05) is 48.3 Å². The Hall–Kier alpha value is -2.68. The lowest BCUT2D eigenvalue weighted by Gasteiger charge is -2.22. The van der Waals surface area contributed by atoms with Crippen LogP contribution >= 0.6 is 22.9 Å². The Bertz CT molecular complexity index is 1180. The van der Waals surface area contributed by atoms with Crippen LogP contribution in [0.1, 0.15) is 30.5 Å². The fourth-order valence-corrected chi connectivity index (χ4v) is 4.99. The lowest BCUT2D eigenvalue weighted by Crippen LogP contribution is -2.24. The summed E-state index contributed by atoms with van der Waals surface area (Å²) in [4.78, 5) is 5.79. The van der Waals surface area contributed by atoms with Gasteiger partial charge >= 0.3 is 0 Å². The number of hydrogen-bond acceptors (Lipinski definition) is 6. The first-order valence-corrected chi connectivity index (χ1v) is 12.0. The summed E-state index contributed by atoms with van der Waals surface area (Å²) >= 11 is 7.63. The molecule has 0 bridgehead atoms. The zero-order valence-electron chi connectivity index (χ0n) is 17.8. The maximum Gasteiger partial charge on any atom is 0.183 e. The van der Waals surface area contributed by atoms with E-state index in [1.165, 1.54) is 6.42 Å². The van der Waals surface area contributed by atoms with Gasteiger partial charge in [-0.25, -0.2) is 4.98 Å². The van der Waals surface area contributed by atoms with Crippen LogP contribution < -0.4 is 5.32 Å². The highest BCUT2D eigenvalue weighted by molar-refractivity contribution is 7.19. The van der Waals surface area contributed by atoms with Crippen LogP contribution in [0.3, 0.4) is 0 Å². The van der Waals surface area contributed by atoms with E-state index in [0.29, 0.717) is 11.6 Å². The van der Waals surface area contributed by atoms with Crippen molar-refractivity contribution >= 4 is 28.1 Å². The maximum absolute atomic E-state index is 6.01. The Morgan fingerprint density at radius 3 is 2.94 bits per heavy atom. The topological polar surface area (TPSA) is 80.7 Å². The van der Waals surface area contributed by atoms with E-state index in [2.05, 4.69) is 21.6 Å². The summed E-state index contributed by atoms with van der Waals surface area (Å²) in [6.07, 6.45) is 7.64. The van der Waals surface area contributed by atoms with Crippen LogP contribution in [0, 0.1) is 6.92 Å². The van der Waals surface area contributed by atoms with Gasteiger partial charge in [-0.05, 0) is 49.9 Å². The van der Waals surface area contributed by atoms with Crippen molar-refractivity contribution in [1.82, 2.24) is 25.0 Å². The summed E-state index contributed by atoms with van der Waals surface area (Å²) in [5.41, 5.74) is 5.02. The molecule has 1 fully saturated rings. The molecule has 0 saturated carbocycles. The van der Waals surface area contributed by atoms with Crippen LogP contribution in [0.25, 0.3) is 21.8 Å². The number of H-pyrrole nitrogens is 1. The molecule has 1 saturated heterocycles. The number of thiazole rings is 1. The largest absolute Gasteiger partial charge is 0.376 e. The number of aromatic amines is 1. The van der Waals surface area contributed by atoms with Crippen molar-refractivity contribution in [2.24, 2.45) is 0 Å². The van der Waals surface area contributed by atoms with E-state index in [4.69, 9.17) is 26.4 Å². The van der Waals surface area contributed by atoms with Crippen molar-refractivity contribution in [3.8, 4) is 21.8 Å². The summed E-state index contributed by atoms with van der Waals surface area (Å²) in [5, 5.41) is 17.1. The molecule has 32 heavy (non-hydrogen) atoms. The molecule has 7 nitrogen and oxygen atoms in total. The maximum atomic E-state index is 6.01. The van der Waals surface area contributed by atoms with Gasteiger partial charge in [0.2, 0.25) is 0 Å². The van der Waals surface area contributed by atoms with Gasteiger partial charge in [0.1, 0.15) is 5.69 Å². The number of nitrogens with zero attached hydrogens (tertiary/aromatic N) is 4. The molecule has 0 aliphatic carbocycles. The molecule has 4 aromatic rings. The van der Waals surface area contributed by atoms with Gasteiger partial charge in [-0.2, -0.15) is 10.2 Å². The number of benzene rings is 1. The van der Waals surface area contributed by atoms with E-state index in [-0.39, 0.29) is 6.10 Å². The third-order valence-corrected chi connectivity index (χ3v) is 7.01. The monoisotopic (exact) mass is 468 g/mol. The van der Waals surface area contributed by atoms with E-state index in [9.17, 15) is 0 Å².